The normalized spacial score (nSPS) is 30.2. The lowest BCUT2D eigenvalue weighted by Crippen LogP contribution is -2.46. The number of nitrogens with zero attached hydrogens (tertiary/aromatic N) is 2. The average Bonchev–Trinajstić information content (AvgIpc) is 3.35. The molecular weight excluding hydrogens is 276 g/mol. The highest BCUT2D eigenvalue weighted by Crippen LogP contribution is 2.75. The molecule has 3 aliphatic rings. The minimum absolute atomic E-state index is 0.0931. The Labute approximate surface area is 129 Å². The first-order valence-corrected chi connectivity index (χ1v) is 8.25. The predicted octanol–water partition coefficient (Wildman–Crippen LogP) is 2.06. The van der Waals surface area contributed by atoms with Crippen LogP contribution in [0.2, 0.25) is 0 Å². The molecule has 1 aromatic heterocycles. The first-order valence-electron chi connectivity index (χ1n) is 8.25. The maximum absolute atomic E-state index is 12.2. The summed E-state index contributed by atoms with van der Waals surface area (Å²) in [5.74, 6) is 2.00. The number of benzene rings is 1. The zero-order valence-electron chi connectivity index (χ0n) is 12.5. The number of anilines is 1. The van der Waals surface area contributed by atoms with Crippen molar-refractivity contribution in [2.75, 3.05) is 18.0 Å². The van der Waals surface area contributed by atoms with E-state index < -0.39 is 0 Å². The van der Waals surface area contributed by atoms with E-state index >= 15 is 0 Å². The second kappa shape index (κ2) is 4.24. The summed E-state index contributed by atoms with van der Waals surface area (Å²) in [4.78, 5) is 22.5. The highest BCUT2D eigenvalue weighted by Gasteiger charge is 2.74. The van der Waals surface area contributed by atoms with Gasteiger partial charge >= 0.3 is 0 Å². The van der Waals surface area contributed by atoms with Crippen molar-refractivity contribution < 1.29 is 4.79 Å². The largest absolute Gasteiger partial charge is 0.353 e. The topological polar surface area (TPSA) is 61.0 Å². The molecule has 5 rings (SSSR count). The molecule has 114 valence electrons. The van der Waals surface area contributed by atoms with Crippen LogP contribution in [-0.4, -0.2) is 35.0 Å². The number of imidazole rings is 1. The first kappa shape index (κ1) is 12.5. The summed E-state index contributed by atoms with van der Waals surface area (Å²) < 4.78 is 0. The van der Waals surface area contributed by atoms with E-state index in [4.69, 9.17) is 0 Å². The van der Waals surface area contributed by atoms with Crippen molar-refractivity contribution in [3.05, 3.63) is 24.3 Å². The Balaban J connectivity index is 1.23. The molecule has 22 heavy (non-hydrogen) atoms. The Bertz CT molecular complexity index is 705. The number of fused-ring (bicyclic) bond motifs is 2. The third-order valence-electron chi connectivity index (χ3n) is 5.64. The quantitative estimate of drug-likeness (QED) is 0.911. The van der Waals surface area contributed by atoms with Crippen molar-refractivity contribution in [1.82, 2.24) is 15.3 Å². The smallest absolute Gasteiger partial charge is 0.226 e. The van der Waals surface area contributed by atoms with Crippen LogP contribution in [0.4, 0.5) is 5.95 Å². The van der Waals surface area contributed by atoms with Crippen LogP contribution < -0.4 is 10.2 Å². The second-order valence-corrected chi connectivity index (χ2v) is 7.07. The number of aromatic amines is 1. The lowest BCUT2D eigenvalue weighted by Gasteiger charge is -2.32. The molecule has 5 nitrogen and oxygen atoms in total. The summed E-state index contributed by atoms with van der Waals surface area (Å²) in [5.41, 5.74) is 2.19. The van der Waals surface area contributed by atoms with Gasteiger partial charge in [-0.25, -0.2) is 4.98 Å². The number of aromatic nitrogens is 2. The van der Waals surface area contributed by atoms with Crippen molar-refractivity contribution in [2.24, 2.45) is 11.3 Å². The molecule has 1 saturated heterocycles. The molecule has 5 heteroatoms. The Morgan fingerprint density at radius 3 is 2.68 bits per heavy atom. The first-order chi connectivity index (χ1) is 10.7. The van der Waals surface area contributed by atoms with E-state index in [1.807, 2.05) is 18.2 Å². The number of H-pyrrole nitrogens is 1. The van der Waals surface area contributed by atoms with E-state index in [1.54, 1.807) is 0 Å². The Morgan fingerprint density at radius 2 is 2.00 bits per heavy atom. The van der Waals surface area contributed by atoms with Crippen molar-refractivity contribution in [3.8, 4) is 0 Å². The molecule has 1 aliphatic heterocycles. The van der Waals surface area contributed by atoms with Gasteiger partial charge in [0, 0.05) is 19.1 Å². The molecule has 2 heterocycles. The summed E-state index contributed by atoms with van der Waals surface area (Å²) >= 11 is 0. The summed E-state index contributed by atoms with van der Waals surface area (Å²) in [7, 11) is 0. The number of carbonyl (C=O) groups is 1. The SMILES string of the molecule is O=C(NC1CCN(c2nc3ccccc3[nH]2)CC1)C12CC1C2. The molecule has 0 spiro atoms. The van der Waals surface area contributed by atoms with Crippen LogP contribution in [0.1, 0.15) is 25.7 Å². The van der Waals surface area contributed by atoms with Crippen molar-refractivity contribution in [3.63, 3.8) is 0 Å². The van der Waals surface area contributed by atoms with E-state index in [0.29, 0.717) is 11.9 Å². The van der Waals surface area contributed by atoms with Gasteiger partial charge in [-0.2, -0.15) is 0 Å². The molecule has 2 N–H and O–H groups in total. The van der Waals surface area contributed by atoms with Crippen LogP contribution >= 0.6 is 0 Å². The number of hydrogen-bond acceptors (Lipinski definition) is 3. The van der Waals surface area contributed by atoms with Crippen LogP contribution in [0.3, 0.4) is 0 Å². The van der Waals surface area contributed by atoms with Crippen LogP contribution in [0.15, 0.2) is 24.3 Å². The van der Waals surface area contributed by atoms with Crippen LogP contribution in [-0.2, 0) is 4.79 Å². The average molecular weight is 296 g/mol. The fourth-order valence-electron chi connectivity index (χ4n) is 3.73. The molecule has 0 bridgehead atoms. The van der Waals surface area contributed by atoms with Crippen molar-refractivity contribution >= 4 is 22.9 Å². The van der Waals surface area contributed by atoms with Crippen molar-refractivity contribution in [1.29, 1.82) is 0 Å². The van der Waals surface area contributed by atoms with E-state index in [0.717, 1.165) is 61.7 Å². The number of carbonyl (C=O) groups excluding carboxylic acids is 1. The summed E-state index contributed by atoms with van der Waals surface area (Å²) in [5, 5.41) is 3.27. The van der Waals surface area contributed by atoms with Gasteiger partial charge < -0.3 is 15.2 Å². The molecule has 0 radical (unpaired) electrons. The van der Waals surface area contributed by atoms with Gasteiger partial charge in [0.05, 0.1) is 16.4 Å². The number of para-hydroxylation sites is 2. The standard InChI is InChI=1S/C17H20N4O/c22-15(17-9-11(17)10-17)18-12-5-7-21(8-6-12)16-19-13-3-1-2-4-14(13)20-16/h1-4,11-12H,5-10H2,(H,18,22)(H,19,20). The van der Waals surface area contributed by atoms with E-state index in [1.165, 1.54) is 0 Å². The van der Waals surface area contributed by atoms with Gasteiger partial charge in [-0.05, 0) is 43.7 Å². The molecule has 2 saturated carbocycles. The van der Waals surface area contributed by atoms with E-state index in [2.05, 4.69) is 26.3 Å². The Hall–Kier alpha value is -2.04. The number of piperidine rings is 1. The Kier molecular flexibility index (Phi) is 2.41. The molecule has 1 amide bonds. The van der Waals surface area contributed by atoms with Gasteiger partial charge in [-0.15, -0.1) is 0 Å². The van der Waals surface area contributed by atoms with Crippen LogP contribution in [0.25, 0.3) is 11.0 Å². The molecule has 1 aromatic carbocycles. The molecule has 3 fully saturated rings. The summed E-state index contributed by atoms with van der Waals surface area (Å²) in [6.07, 6.45) is 4.28. The summed E-state index contributed by atoms with van der Waals surface area (Å²) in [6, 6.07) is 8.46. The maximum atomic E-state index is 12.2. The lowest BCUT2D eigenvalue weighted by atomic mass is 10.0. The molecule has 2 aromatic rings. The van der Waals surface area contributed by atoms with Gasteiger partial charge in [0.1, 0.15) is 0 Å². The third kappa shape index (κ3) is 1.84. The number of amides is 1. The fraction of sp³-hybridized carbons (Fsp3) is 0.529. The Morgan fingerprint density at radius 1 is 1.27 bits per heavy atom. The summed E-state index contributed by atoms with van der Waals surface area (Å²) in [6.45, 7) is 1.89. The monoisotopic (exact) mass is 296 g/mol. The van der Waals surface area contributed by atoms with E-state index in [-0.39, 0.29) is 5.41 Å². The fourth-order valence-corrected chi connectivity index (χ4v) is 3.73. The zero-order chi connectivity index (χ0) is 14.7. The third-order valence-corrected chi connectivity index (χ3v) is 5.64. The molecule has 0 unspecified atom stereocenters. The van der Waals surface area contributed by atoms with Crippen LogP contribution in [0, 0.1) is 11.3 Å². The van der Waals surface area contributed by atoms with Crippen molar-refractivity contribution in [2.45, 2.75) is 31.7 Å². The maximum Gasteiger partial charge on any atom is 0.226 e. The van der Waals surface area contributed by atoms with Crippen LogP contribution in [0.5, 0.6) is 0 Å². The van der Waals surface area contributed by atoms with E-state index in [9.17, 15) is 4.79 Å². The molecule has 2 aliphatic carbocycles. The molecular formula is C17H20N4O. The zero-order valence-corrected chi connectivity index (χ0v) is 12.5. The molecule has 0 atom stereocenters. The minimum atomic E-state index is 0.0931. The predicted molar refractivity (Wildman–Crippen MR) is 84.6 cm³/mol. The van der Waals surface area contributed by atoms with Gasteiger partial charge in [-0.1, -0.05) is 12.1 Å². The number of nitrogens with one attached hydrogen (secondary N) is 2. The minimum Gasteiger partial charge on any atom is -0.353 e. The lowest BCUT2D eigenvalue weighted by molar-refractivity contribution is -0.125. The van der Waals surface area contributed by atoms with Gasteiger partial charge in [0.25, 0.3) is 0 Å². The van der Waals surface area contributed by atoms with Gasteiger partial charge in [0.15, 0.2) is 0 Å². The van der Waals surface area contributed by atoms with Gasteiger partial charge in [-0.3, -0.25) is 4.79 Å². The number of rotatable bonds is 3. The van der Waals surface area contributed by atoms with Gasteiger partial charge in [0.2, 0.25) is 11.9 Å². The highest BCUT2D eigenvalue weighted by atomic mass is 16.2. The second-order valence-electron chi connectivity index (χ2n) is 7.07. The number of hydrogen-bond donors (Lipinski definition) is 2. The highest BCUT2D eigenvalue weighted by molar-refractivity contribution is 5.90.